The lowest BCUT2D eigenvalue weighted by Crippen LogP contribution is -2.54. The zero-order valence-corrected chi connectivity index (χ0v) is 9.45. The van der Waals surface area contributed by atoms with Gasteiger partial charge in [0.2, 0.25) is 0 Å². The fourth-order valence-electron chi connectivity index (χ4n) is 2.97. The first-order valence-corrected chi connectivity index (χ1v) is 6.05. The van der Waals surface area contributed by atoms with E-state index in [1.807, 2.05) is 0 Å². The van der Waals surface area contributed by atoms with Crippen LogP contribution in [0.1, 0.15) is 17.9 Å². The van der Waals surface area contributed by atoms with Crippen LogP contribution >= 0.6 is 0 Å². The SMILES string of the molecule is c1ccc(C2C[N]CCC23CNCN3)cc1. The van der Waals surface area contributed by atoms with Crippen molar-refractivity contribution in [3.8, 4) is 0 Å². The Hall–Kier alpha value is -0.900. The van der Waals surface area contributed by atoms with Crippen molar-refractivity contribution in [1.82, 2.24) is 16.0 Å². The van der Waals surface area contributed by atoms with Crippen molar-refractivity contribution >= 4 is 0 Å². The quantitative estimate of drug-likeness (QED) is 0.724. The molecular formula is C13H18N3. The van der Waals surface area contributed by atoms with E-state index in [1.165, 1.54) is 5.56 Å². The molecule has 1 aromatic rings. The molecule has 0 bridgehead atoms. The average molecular weight is 216 g/mol. The Labute approximate surface area is 96.6 Å². The van der Waals surface area contributed by atoms with Crippen molar-refractivity contribution < 1.29 is 0 Å². The van der Waals surface area contributed by atoms with E-state index < -0.39 is 0 Å². The second-order valence-corrected chi connectivity index (χ2v) is 4.78. The summed E-state index contributed by atoms with van der Waals surface area (Å²) >= 11 is 0. The normalized spacial score (nSPS) is 34.4. The minimum absolute atomic E-state index is 0.239. The van der Waals surface area contributed by atoms with E-state index in [1.54, 1.807) is 0 Å². The van der Waals surface area contributed by atoms with Gasteiger partial charge in [0.15, 0.2) is 0 Å². The molecule has 85 valence electrons. The van der Waals surface area contributed by atoms with Crippen molar-refractivity contribution in [2.75, 3.05) is 26.3 Å². The molecule has 2 saturated heterocycles. The summed E-state index contributed by atoms with van der Waals surface area (Å²) in [6, 6.07) is 10.8. The molecule has 0 saturated carbocycles. The number of nitrogens with one attached hydrogen (secondary N) is 2. The van der Waals surface area contributed by atoms with Gasteiger partial charge in [-0.1, -0.05) is 30.3 Å². The second kappa shape index (κ2) is 4.17. The molecule has 1 spiro atoms. The van der Waals surface area contributed by atoms with E-state index in [0.717, 1.165) is 32.7 Å². The molecule has 2 fully saturated rings. The summed E-state index contributed by atoms with van der Waals surface area (Å²) in [7, 11) is 0. The molecule has 3 heteroatoms. The van der Waals surface area contributed by atoms with Crippen LogP contribution in [-0.4, -0.2) is 31.8 Å². The van der Waals surface area contributed by atoms with Crippen LogP contribution in [0.4, 0.5) is 0 Å². The Balaban J connectivity index is 1.91. The van der Waals surface area contributed by atoms with Crippen LogP contribution in [-0.2, 0) is 0 Å². The van der Waals surface area contributed by atoms with E-state index in [2.05, 4.69) is 46.3 Å². The van der Waals surface area contributed by atoms with Crippen LogP contribution in [0.5, 0.6) is 0 Å². The number of hydrogen-bond donors (Lipinski definition) is 2. The first-order chi connectivity index (χ1) is 7.91. The summed E-state index contributed by atoms with van der Waals surface area (Å²) in [5.74, 6) is 0.525. The number of nitrogens with zero attached hydrogens (tertiary/aromatic N) is 1. The van der Waals surface area contributed by atoms with Crippen LogP contribution < -0.4 is 16.0 Å². The maximum absolute atomic E-state index is 4.59. The maximum atomic E-state index is 4.59. The highest BCUT2D eigenvalue weighted by atomic mass is 15.2. The Morgan fingerprint density at radius 1 is 1.25 bits per heavy atom. The van der Waals surface area contributed by atoms with Gasteiger partial charge in [-0.3, -0.25) is 5.32 Å². The summed E-state index contributed by atoms with van der Waals surface area (Å²) in [5.41, 5.74) is 1.66. The summed E-state index contributed by atoms with van der Waals surface area (Å²) in [6.07, 6.45) is 1.15. The lowest BCUT2D eigenvalue weighted by Gasteiger charge is -2.41. The van der Waals surface area contributed by atoms with E-state index in [4.69, 9.17) is 0 Å². The van der Waals surface area contributed by atoms with Crippen LogP contribution in [0.25, 0.3) is 0 Å². The van der Waals surface area contributed by atoms with Crippen molar-refractivity contribution in [1.29, 1.82) is 0 Å². The lowest BCUT2D eigenvalue weighted by molar-refractivity contribution is 0.248. The molecule has 2 unspecified atom stereocenters. The third kappa shape index (κ3) is 1.65. The van der Waals surface area contributed by atoms with Crippen LogP contribution in [0.3, 0.4) is 0 Å². The molecule has 1 aromatic carbocycles. The van der Waals surface area contributed by atoms with Crippen molar-refractivity contribution in [2.45, 2.75) is 17.9 Å². The molecular weight excluding hydrogens is 198 g/mol. The molecule has 0 aliphatic carbocycles. The predicted octanol–water partition coefficient (Wildman–Crippen LogP) is 0.667. The van der Waals surface area contributed by atoms with E-state index in [0.29, 0.717) is 5.92 Å². The topological polar surface area (TPSA) is 38.2 Å². The standard InChI is InChI=1S/C13H18N3/c1-2-4-11(5-3-1)12-8-14-7-6-13(12)9-15-10-16-13/h1-5,12,15-16H,6-10H2. The molecule has 0 amide bonds. The van der Waals surface area contributed by atoms with Crippen LogP contribution in [0, 0.1) is 0 Å². The van der Waals surface area contributed by atoms with Crippen molar-refractivity contribution in [2.24, 2.45) is 0 Å². The minimum atomic E-state index is 0.239. The van der Waals surface area contributed by atoms with Crippen LogP contribution in [0.2, 0.25) is 0 Å². The summed E-state index contributed by atoms with van der Waals surface area (Å²) in [4.78, 5) is 0. The van der Waals surface area contributed by atoms with Gasteiger partial charge in [0, 0.05) is 37.8 Å². The number of piperidine rings is 1. The van der Waals surface area contributed by atoms with Gasteiger partial charge < -0.3 is 5.32 Å². The third-order valence-electron chi connectivity index (χ3n) is 3.90. The highest BCUT2D eigenvalue weighted by molar-refractivity contribution is 5.27. The molecule has 3 nitrogen and oxygen atoms in total. The van der Waals surface area contributed by atoms with Gasteiger partial charge in [0.05, 0.1) is 0 Å². The predicted molar refractivity (Wildman–Crippen MR) is 64.4 cm³/mol. The highest BCUT2D eigenvalue weighted by Gasteiger charge is 2.43. The number of rotatable bonds is 1. The van der Waals surface area contributed by atoms with E-state index in [-0.39, 0.29) is 5.54 Å². The van der Waals surface area contributed by atoms with Gasteiger partial charge in [0.25, 0.3) is 0 Å². The molecule has 2 heterocycles. The Kier molecular flexibility index (Phi) is 2.67. The van der Waals surface area contributed by atoms with E-state index in [9.17, 15) is 0 Å². The van der Waals surface area contributed by atoms with Crippen molar-refractivity contribution in [3.63, 3.8) is 0 Å². The van der Waals surface area contributed by atoms with Gasteiger partial charge in [-0.25, -0.2) is 5.32 Å². The molecule has 2 N–H and O–H groups in total. The smallest absolute Gasteiger partial charge is 0.0459 e. The first kappa shape index (κ1) is 10.3. The second-order valence-electron chi connectivity index (χ2n) is 4.78. The Bertz CT molecular complexity index is 343. The molecule has 3 rings (SSSR count). The molecule has 2 atom stereocenters. The Morgan fingerprint density at radius 2 is 2.12 bits per heavy atom. The highest BCUT2D eigenvalue weighted by Crippen LogP contribution is 2.34. The number of benzene rings is 1. The van der Waals surface area contributed by atoms with Gasteiger partial charge in [-0.05, 0) is 12.0 Å². The largest absolute Gasteiger partial charge is 0.303 e. The molecule has 2 aliphatic rings. The zero-order valence-electron chi connectivity index (χ0n) is 9.45. The van der Waals surface area contributed by atoms with Crippen molar-refractivity contribution in [3.05, 3.63) is 35.9 Å². The van der Waals surface area contributed by atoms with Gasteiger partial charge >= 0.3 is 0 Å². The minimum Gasteiger partial charge on any atom is -0.303 e. The first-order valence-electron chi connectivity index (χ1n) is 6.05. The zero-order chi connectivity index (χ0) is 10.8. The maximum Gasteiger partial charge on any atom is 0.0459 e. The lowest BCUT2D eigenvalue weighted by atomic mass is 9.75. The van der Waals surface area contributed by atoms with Gasteiger partial charge in [-0.2, -0.15) is 0 Å². The number of hydrogen-bond acceptors (Lipinski definition) is 2. The monoisotopic (exact) mass is 216 g/mol. The fourth-order valence-corrected chi connectivity index (χ4v) is 2.97. The third-order valence-corrected chi connectivity index (χ3v) is 3.90. The fraction of sp³-hybridized carbons (Fsp3) is 0.538. The summed E-state index contributed by atoms with van der Waals surface area (Å²) in [5, 5.41) is 11.7. The summed E-state index contributed by atoms with van der Waals surface area (Å²) < 4.78 is 0. The molecule has 2 aliphatic heterocycles. The average Bonchev–Trinajstić information content (AvgIpc) is 2.80. The van der Waals surface area contributed by atoms with Gasteiger partial charge in [0.1, 0.15) is 0 Å². The van der Waals surface area contributed by atoms with E-state index >= 15 is 0 Å². The Morgan fingerprint density at radius 3 is 2.88 bits per heavy atom. The van der Waals surface area contributed by atoms with Crippen LogP contribution in [0.15, 0.2) is 30.3 Å². The summed E-state index contributed by atoms with van der Waals surface area (Å²) in [6.45, 7) is 3.96. The molecule has 16 heavy (non-hydrogen) atoms. The van der Waals surface area contributed by atoms with Gasteiger partial charge in [-0.15, -0.1) is 0 Å². The molecule has 0 aromatic heterocycles. The molecule has 1 radical (unpaired) electrons.